The van der Waals surface area contributed by atoms with Crippen LogP contribution in [0.15, 0.2) is 42.5 Å². The molecule has 1 aromatic heterocycles. The first-order valence-corrected chi connectivity index (χ1v) is 12.6. The Morgan fingerprint density at radius 2 is 1.88 bits per heavy atom. The van der Waals surface area contributed by atoms with Crippen LogP contribution >= 0.6 is 0 Å². The summed E-state index contributed by atoms with van der Waals surface area (Å²) < 4.78 is 13.3. The van der Waals surface area contributed by atoms with E-state index in [4.69, 9.17) is 14.5 Å². The van der Waals surface area contributed by atoms with Gasteiger partial charge in [0.25, 0.3) is 0 Å². The number of hydrogen-bond donors (Lipinski definition) is 1. The van der Waals surface area contributed by atoms with E-state index in [0.717, 1.165) is 73.1 Å². The second kappa shape index (κ2) is 11.4. The first-order valence-electron chi connectivity index (χ1n) is 12.6. The number of unbranched alkanes of at least 4 members (excludes halogenated alkanes) is 2. The van der Waals surface area contributed by atoms with Crippen molar-refractivity contribution in [2.24, 2.45) is 5.92 Å². The number of imidazole rings is 1. The molecule has 0 bridgehead atoms. The number of hydrogen-bond acceptors (Lipinski definition) is 4. The molecular formula is C28H37N3O3. The molecule has 1 heterocycles. The highest BCUT2D eigenvalue weighted by Gasteiger charge is 2.34. The predicted octanol–water partition coefficient (Wildman–Crippen LogP) is 6.15. The van der Waals surface area contributed by atoms with E-state index in [9.17, 15) is 4.79 Å². The lowest BCUT2D eigenvalue weighted by atomic mass is 9.83. The molecule has 1 aliphatic carbocycles. The van der Waals surface area contributed by atoms with Gasteiger partial charge in [-0.3, -0.25) is 4.79 Å². The molecule has 1 amide bonds. The van der Waals surface area contributed by atoms with Crippen LogP contribution in [0.3, 0.4) is 0 Å². The van der Waals surface area contributed by atoms with Crippen LogP contribution in [0.2, 0.25) is 0 Å². The summed E-state index contributed by atoms with van der Waals surface area (Å²) in [5.74, 6) is 2.54. The van der Waals surface area contributed by atoms with Crippen molar-refractivity contribution in [3.05, 3.63) is 42.5 Å². The number of benzene rings is 2. The van der Waals surface area contributed by atoms with Crippen LogP contribution in [0, 0.1) is 5.92 Å². The van der Waals surface area contributed by atoms with E-state index in [2.05, 4.69) is 22.9 Å². The van der Waals surface area contributed by atoms with Crippen LogP contribution in [-0.2, 0) is 4.79 Å². The van der Waals surface area contributed by atoms with Crippen LogP contribution in [0.1, 0.15) is 64.3 Å². The second-order valence-corrected chi connectivity index (χ2v) is 9.20. The second-order valence-electron chi connectivity index (χ2n) is 9.20. The average molecular weight is 464 g/mol. The topological polar surface area (TPSA) is 65.4 Å². The van der Waals surface area contributed by atoms with Crippen LogP contribution in [-0.4, -0.2) is 36.2 Å². The number of ether oxygens (including phenoxy) is 2. The molecule has 1 fully saturated rings. The molecule has 1 atom stereocenters. The fourth-order valence-corrected chi connectivity index (χ4v) is 5.18. The lowest BCUT2D eigenvalue weighted by Gasteiger charge is -2.32. The zero-order valence-corrected chi connectivity index (χ0v) is 20.7. The summed E-state index contributed by atoms with van der Waals surface area (Å²) in [6.07, 6.45) is 8.94. The highest BCUT2D eigenvalue weighted by atomic mass is 16.5. The van der Waals surface area contributed by atoms with Crippen LogP contribution in [0.25, 0.3) is 22.4 Å². The number of para-hydroxylation sites is 2. The molecule has 2 aromatic carbocycles. The van der Waals surface area contributed by atoms with Crippen molar-refractivity contribution in [2.45, 2.75) is 64.3 Å². The maximum Gasteiger partial charge on any atom is 0.243 e. The molecule has 0 saturated heterocycles. The maximum atomic E-state index is 13.8. The summed E-state index contributed by atoms with van der Waals surface area (Å²) in [5.41, 5.74) is 2.73. The Balaban J connectivity index is 1.84. The van der Waals surface area contributed by atoms with E-state index < -0.39 is 0 Å². The van der Waals surface area contributed by atoms with Gasteiger partial charge in [-0.05, 0) is 49.4 Å². The van der Waals surface area contributed by atoms with Gasteiger partial charge in [-0.15, -0.1) is 0 Å². The summed E-state index contributed by atoms with van der Waals surface area (Å²) in [7, 11) is 3.30. The van der Waals surface area contributed by atoms with Gasteiger partial charge in [0.1, 0.15) is 23.4 Å². The van der Waals surface area contributed by atoms with Gasteiger partial charge >= 0.3 is 0 Å². The van der Waals surface area contributed by atoms with Crippen molar-refractivity contribution >= 4 is 16.9 Å². The summed E-state index contributed by atoms with van der Waals surface area (Å²) in [6.45, 7) is 2.89. The minimum Gasteiger partial charge on any atom is -0.497 e. The van der Waals surface area contributed by atoms with Gasteiger partial charge < -0.3 is 19.4 Å². The van der Waals surface area contributed by atoms with Crippen molar-refractivity contribution in [1.82, 2.24) is 14.9 Å². The summed E-state index contributed by atoms with van der Waals surface area (Å²) in [5, 5.41) is 3.25. The van der Waals surface area contributed by atoms with Crippen LogP contribution < -0.4 is 14.8 Å². The van der Waals surface area contributed by atoms with Gasteiger partial charge in [-0.25, -0.2) is 4.98 Å². The normalized spacial score (nSPS) is 15.3. The molecule has 6 heteroatoms. The first-order chi connectivity index (χ1) is 16.7. The van der Waals surface area contributed by atoms with E-state index in [1.807, 2.05) is 36.4 Å². The smallest absolute Gasteiger partial charge is 0.243 e. The van der Waals surface area contributed by atoms with Crippen LogP contribution in [0.4, 0.5) is 0 Å². The van der Waals surface area contributed by atoms with Gasteiger partial charge in [0.05, 0.1) is 30.8 Å². The molecule has 1 unspecified atom stereocenters. The highest BCUT2D eigenvalue weighted by molar-refractivity contribution is 5.88. The lowest BCUT2D eigenvalue weighted by Crippen LogP contribution is -2.38. The number of nitrogens with zero attached hydrogens (tertiary/aromatic N) is 2. The van der Waals surface area contributed by atoms with Gasteiger partial charge in [-0.2, -0.15) is 0 Å². The third-order valence-corrected chi connectivity index (χ3v) is 6.97. The molecule has 1 N–H and O–H groups in total. The number of amides is 1. The Morgan fingerprint density at radius 1 is 1.09 bits per heavy atom. The SMILES string of the molecule is CCCCCNC(=O)C(C1CCCCC1)n1c(-c2ccc(OC)cc2OC)nc2ccccc21. The molecule has 1 saturated carbocycles. The van der Waals surface area contributed by atoms with E-state index in [1.165, 1.54) is 6.42 Å². The summed E-state index contributed by atoms with van der Waals surface area (Å²) in [4.78, 5) is 18.8. The minimum absolute atomic E-state index is 0.0971. The maximum absolute atomic E-state index is 13.8. The van der Waals surface area contributed by atoms with Crippen molar-refractivity contribution in [3.8, 4) is 22.9 Å². The van der Waals surface area contributed by atoms with E-state index >= 15 is 0 Å². The zero-order valence-electron chi connectivity index (χ0n) is 20.7. The fraction of sp³-hybridized carbons (Fsp3) is 0.500. The molecule has 4 rings (SSSR count). The third kappa shape index (κ3) is 5.06. The van der Waals surface area contributed by atoms with Crippen molar-refractivity contribution in [3.63, 3.8) is 0 Å². The van der Waals surface area contributed by atoms with E-state index in [0.29, 0.717) is 12.3 Å². The van der Waals surface area contributed by atoms with Gasteiger partial charge in [0, 0.05) is 12.6 Å². The summed E-state index contributed by atoms with van der Waals surface area (Å²) in [6, 6.07) is 13.6. The molecule has 0 spiro atoms. The molecule has 0 aliphatic heterocycles. The van der Waals surface area contributed by atoms with Crippen LogP contribution in [0.5, 0.6) is 11.5 Å². The van der Waals surface area contributed by atoms with Crippen molar-refractivity contribution < 1.29 is 14.3 Å². The third-order valence-electron chi connectivity index (χ3n) is 6.97. The molecule has 0 radical (unpaired) electrons. The largest absolute Gasteiger partial charge is 0.497 e. The lowest BCUT2D eigenvalue weighted by molar-refractivity contribution is -0.126. The molecular weight excluding hydrogens is 426 g/mol. The number of methoxy groups -OCH3 is 2. The number of aromatic nitrogens is 2. The molecule has 182 valence electrons. The number of carbonyl (C=O) groups is 1. The standard InChI is InChI=1S/C28H37N3O3/c1-4-5-11-18-29-28(32)26(20-12-7-6-8-13-20)31-24-15-10-9-14-23(24)30-27(31)22-17-16-21(33-2)19-25(22)34-3/h9-10,14-17,19-20,26H,4-8,11-13,18H2,1-3H3,(H,29,32). The molecule has 1 aliphatic rings. The number of fused-ring (bicyclic) bond motifs is 1. The quantitative estimate of drug-likeness (QED) is 0.366. The Morgan fingerprint density at radius 3 is 2.62 bits per heavy atom. The minimum atomic E-state index is -0.309. The van der Waals surface area contributed by atoms with Gasteiger partial charge in [-0.1, -0.05) is 51.2 Å². The van der Waals surface area contributed by atoms with Gasteiger partial charge in [0.2, 0.25) is 5.91 Å². The molecule has 6 nitrogen and oxygen atoms in total. The fourth-order valence-electron chi connectivity index (χ4n) is 5.18. The Bertz CT molecular complexity index is 1100. The predicted molar refractivity (Wildman–Crippen MR) is 136 cm³/mol. The van der Waals surface area contributed by atoms with E-state index in [-0.39, 0.29) is 17.9 Å². The number of rotatable bonds is 10. The number of nitrogens with one attached hydrogen (secondary N) is 1. The monoisotopic (exact) mass is 463 g/mol. The van der Waals surface area contributed by atoms with Crippen molar-refractivity contribution in [1.29, 1.82) is 0 Å². The number of carbonyl (C=O) groups excluding carboxylic acids is 1. The average Bonchev–Trinajstić information content (AvgIpc) is 3.26. The molecule has 3 aromatic rings. The molecule has 34 heavy (non-hydrogen) atoms. The van der Waals surface area contributed by atoms with Crippen molar-refractivity contribution in [2.75, 3.05) is 20.8 Å². The Kier molecular flexibility index (Phi) is 8.09. The van der Waals surface area contributed by atoms with E-state index in [1.54, 1.807) is 14.2 Å². The zero-order chi connectivity index (χ0) is 23.9. The Hall–Kier alpha value is -3.02. The summed E-state index contributed by atoms with van der Waals surface area (Å²) >= 11 is 0. The first kappa shape index (κ1) is 24.1. The van der Waals surface area contributed by atoms with Gasteiger partial charge in [0.15, 0.2) is 0 Å². The Labute approximate surface area is 202 Å². The highest BCUT2D eigenvalue weighted by Crippen LogP contribution is 2.41.